The predicted octanol–water partition coefficient (Wildman–Crippen LogP) is 5.32. The van der Waals surface area contributed by atoms with Crippen LogP contribution in [0.5, 0.6) is 5.75 Å². The summed E-state index contributed by atoms with van der Waals surface area (Å²) >= 11 is 0. The molecular weight excluding hydrogens is 300 g/mol. The summed E-state index contributed by atoms with van der Waals surface area (Å²) in [5.74, 6) is -1.19. The van der Waals surface area contributed by atoms with Crippen LogP contribution < -0.4 is 4.74 Å². The highest BCUT2D eigenvalue weighted by molar-refractivity contribution is 6.00. The van der Waals surface area contributed by atoms with Gasteiger partial charge in [-0.15, -0.1) is 0 Å². The van der Waals surface area contributed by atoms with E-state index < -0.39 is 18.3 Å². The van der Waals surface area contributed by atoms with Crippen molar-refractivity contribution in [2.24, 2.45) is 5.92 Å². The lowest BCUT2D eigenvalue weighted by atomic mass is 9.90. The average molecular weight is 320 g/mol. The second-order valence-corrected chi connectivity index (χ2v) is 5.07. The maximum absolute atomic E-state index is 13.1. The van der Waals surface area contributed by atoms with Gasteiger partial charge in [-0.25, -0.2) is 0 Å². The van der Waals surface area contributed by atoms with Gasteiger partial charge in [-0.1, -0.05) is 38.8 Å². The lowest BCUT2D eigenvalue weighted by molar-refractivity contribution is -0.253. The second-order valence-electron chi connectivity index (χ2n) is 5.07. The van der Waals surface area contributed by atoms with Crippen molar-refractivity contribution in [1.82, 2.24) is 0 Å². The molecule has 0 amide bonds. The minimum absolute atomic E-state index is 0.0780. The molecule has 22 heavy (non-hydrogen) atoms. The Hall–Kier alpha value is -1.59. The first-order chi connectivity index (χ1) is 10.3. The molecule has 0 N–H and O–H groups in total. The molecule has 1 atom stereocenters. The van der Waals surface area contributed by atoms with E-state index in [1.165, 1.54) is 18.2 Å². The van der Waals surface area contributed by atoms with Gasteiger partial charge in [0.15, 0.2) is 5.78 Å². The Bertz CT molecular complexity index is 489. The zero-order chi connectivity index (χ0) is 16.8. The van der Waals surface area contributed by atoms with E-state index in [9.17, 15) is 22.4 Å². The summed E-state index contributed by atoms with van der Waals surface area (Å²) in [6, 6.07) is 5.29. The summed E-state index contributed by atoms with van der Waals surface area (Å²) in [7, 11) is 0. The van der Waals surface area contributed by atoms with Crippen molar-refractivity contribution in [3.05, 3.63) is 29.8 Å². The summed E-state index contributed by atoms with van der Waals surface area (Å²) < 4.78 is 54.8. The molecule has 2 nitrogen and oxygen atoms in total. The predicted molar refractivity (Wildman–Crippen MR) is 75.7 cm³/mol. The molecule has 0 aliphatic carbocycles. The summed E-state index contributed by atoms with van der Waals surface area (Å²) in [5, 5.41) is 0. The number of hydrogen-bond donors (Lipinski definition) is 0. The van der Waals surface area contributed by atoms with Crippen LogP contribution in [0.1, 0.15) is 49.9 Å². The highest BCUT2D eigenvalue weighted by Crippen LogP contribution is 2.32. The van der Waals surface area contributed by atoms with Crippen LogP contribution >= 0.6 is 0 Å². The van der Waals surface area contributed by atoms with Gasteiger partial charge in [-0.05, 0) is 25.0 Å². The molecule has 0 spiro atoms. The number of unbranched alkanes of at least 4 members (excludes halogenated alkanes) is 1. The average Bonchev–Trinajstić information content (AvgIpc) is 2.47. The second kappa shape index (κ2) is 8.15. The van der Waals surface area contributed by atoms with Gasteiger partial charge >= 0.3 is 12.5 Å². The molecule has 0 aliphatic rings. The number of ether oxygens (including phenoxy) is 1. The van der Waals surface area contributed by atoms with Crippen molar-refractivity contribution in [3.8, 4) is 5.75 Å². The molecular formula is C16H20F4O2. The molecule has 1 aromatic rings. The van der Waals surface area contributed by atoms with Crippen molar-refractivity contribution >= 4 is 5.78 Å². The molecule has 0 heterocycles. The van der Waals surface area contributed by atoms with E-state index in [0.717, 1.165) is 18.9 Å². The number of rotatable bonds is 9. The topological polar surface area (TPSA) is 26.3 Å². The number of hydrogen-bond acceptors (Lipinski definition) is 2. The fraction of sp³-hybridized carbons (Fsp3) is 0.562. The fourth-order valence-corrected chi connectivity index (χ4v) is 2.14. The highest BCUT2D eigenvalue weighted by atomic mass is 19.3. The molecule has 0 saturated heterocycles. The Labute approximate surface area is 127 Å². The van der Waals surface area contributed by atoms with Gasteiger partial charge in [0.25, 0.3) is 0 Å². The minimum atomic E-state index is -4.62. The molecule has 124 valence electrons. The number of carbonyl (C=O) groups excluding carboxylic acids is 1. The number of ketones is 1. The van der Waals surface area contributed by atoms with Crippen molar-refractivity contribution in [1.29, 1.82) is 0 Å². The normalized spacial score (nSPS) is 13.2. The Balaban J connectivity index is 3.02. The standard InChI is InChI=1S/C16H20F4O2/c1-3-5-8-11(4-2)14(21)12-9-6-7-10-13(12)22-16(19,20)15(17)18/h6-7,9-11,15H,3-5,8H2,1-2H3. The van der Waals surface area contributed by atoms with Gasteiger partial charge in [0.05, 0.1) is 5.56 Å². The molecule has 1 unspecified atom stereocenters. The van der Waals surface area contributed by atoms with Crippen molar-refractivity contribution in [3.63, 3.8) is 0 Å². The molecule has 1 rings (SSSR count). The third kappa shape index (κ3) is 4.71. The van der Waals surface area contributed by atoms with E-state index in [-0.39, 0.29) is 17.3 Å². The van der Waals surface area contributed by atoms with Crippen LogP contribution in [0, 0.1) is 5.92 Å². The highest BCUT2D eigenvalue weighted by Gasteiger charge is 2.44. The summed E-state index contributed by atoms with van der Waals surface area (Å²) in [5.41, 5.74) is -0.0780. The zero-order valence-corrected chi connectivity index (χ0v) is 12.6. The van der Waals surface area contributed by atoms with Crippen molar-refractivity contribution < 1.29 is 27.1 Å². The Morgan fingerprint density at radius 3 is 2.41 bits per heavy atom. The Morgan fingerprint density at radius 2 is 1.86 bits per heavy atom. The van der Waals surface area contributed by atoms with E-state index in [0.29, 0.717) is 12.8 Å². The van der Waals surface area contributed by atoms with Crippen molar-refractivity contribution in [2.45, 2.75) is 52.1 Å². The van der Waals surface area contributed by atoms with Crippen LogP contribution in [-0.4, -0.2) is 18.3 Å². The van der Waals surface area contributed by atoms with Gasteiger partial charge in [0.2, 0.25) is 0 Å². The van der Waals surface area contributed by atoms with Gasteiger partial charge in [0, 0.05) is 5.92 Å². The number of halogens is 4. The van der Waals surface area contributed by atoms with E-state index >= 15 is 0 Å². The largest absolute Gasteiger partial charge is 0.461 e. The van der Waals surface area contributed by atoms with Crippen LogP contribution in [0.3, 0.4) is 0 Å². The van der Waals surface area contributed by atoms with Gasteiger partial charge in [-0.2, -0.15) is 17.6 Å². The third-order valence-electron chi connectivity index (χ3n) is 3.42. The van der Waals surface area contributed by atoms with Crippen LogP contribution in [0.15, 0.2) is 24.3 Å². The first-order valence-electron chi connectivity index (χ1n) is 7.31. The molecule has 0 aliphatic heterocycles. The fourth-order valence-electron chi connectivity index (χ4n) is 2.14. The van der Waals surface area contributed by atoms with Gasteiger partial charge in [-0.3, -0.25) is 4.79 Å². The summed E-state index contributed by atoms with van der Waals surface area (Å²) in [4.78, 5) is 12.4. The van der Waals surface area contributed by atoms with E-state index in [1.807, 2.05) is 13.8 Å². The number of Topliss-reactive ketones (excluding diaryl/α,β-unsaturated/α-hetero) is 1. The number of benzene rings is 1. The molecule has 0 radical (unpaired) electrons. The maximum atomic E-state index is 13.1. The first-order valence-corrected chi connectivity index (χ1v) is 7.31. The third-order valence-corrected chi connectivity index (χ3v) is 3.42. The quantitative estimate of drug-likeness (QED) is 0.454. The van der Waals surface area contributed by atoms with Crippen LogP contribution in [0.2, 0.25) is 0 Å². The number of carbonyl (C=O) groups is 1. The lowest BCUT2D eigenvalue weighted by Crippen LogP contribution is -2.34. The van der Waals surface area contributed by atoms with E-state index in [4.69, 9.17) is 0 Å². The zero-order valence-electron chi connectivity index (χ0n) is 12.6. The minimum Gasteiger partial charge on any atom is -0.428 e. The maximum Gasteiger partial charge on any atom is 0.461 e. The molecule has 1 aromatic carbocycles. The molecule has 6 heteroatoms. The molecule has 0 aromatic heterocycles. The number of alkyl halides is 4. The molecule has 0 bridgehead atoms. The van der Waals surface area contributed by atoms with Crippen LogP contribution in [-0.2, 0) is 0 Å². The molecule has 0 saturated carbocycles. The molecule has 0 fully saturated rings. The number of para-hydroxylation sites is 1. The SMILES string of the molecule is CCCCC(CC)C(=O)c1ccccc1OC(F)(F)C(F)F. The van der Waals surface area contributed by atoms with Crippen LogP contribution in [0.25, 0.3) is 0 Å². The van der Waals surface area contributed by atoms with Gasteiger partial charge in [0.1, 0.15) is 5.75 Å². The van der Waals surface area contributed by atoms with Gasteiger partial charge < -0.3 is 4.74 Å². The summed E-state index contributed by atoms with van der Waals surface area (Å²) in [6.07, 6.45) is -5.66. The summed E-state index contributed by atoms with van der Waals surface area (Å²) in [6.45, 7) is 3.81. The van der Waals surface area contributed by atoms with E-state index in [2.05, 4.69) is 4.74 Å². The van der Waals surface area contributed by atoms with E-state index in [1.54, 1.807) is 0 Å². The van der Waals surface area contributed by atoms with Crippen LogP contribution in [0.4, 0.5) is 17.6 Å². The smallest absolute Gasteiger partial charge is 0.428 e. The monoisotopic (exact) mass is 320 g/mol. The first kappa shape index (κ1) is 18.5. The lowest BCUT2D eigenvalue weighted by Gasteiger charge is -2.20. The Kier molecular flexibility index (Phi) is 6.84. The Morgan fingerprint density at radius 1 is 1.23 bits per heavy atom. The van der Waals surface area contributed by atoms with Crippen molar-refractivity contribution in [2.75, 3.05) is 0 Å².